The van der Waals surface area contributed by atoms with E-state index in [9.17, 15) is 25.2 Å². The molecule has 0 bridgehead atoms. The zero-order valence-electron chi connectivity index (χ0n) is 39.5. The van der Waals surface area contributed by atoms with Gasteiger partial charge in [0.25, 0.3) is 0 Å². The Morgan fingerprint density at radius 1 is 0.500 bits per heavy atom. The van der Waals surface area contributed by atoms with Crippen molar-refractivity contribution in [1.82, 2.24) is 0 Å². The molecule has 0 saturated carbocycles. The van der Waals surface area contributed by atoms with E-state index < -0.39 is 43.4 Å². The van der Waals surface area contributed by atoms with Crippen LogP contribution in [0.25, 0.3) is 0 Å². The molecule has 0 aromatic heterocycles. The molecule has 0 spiro atoms. The molecule has 6 atom stereocenters. The maximum atomic E-state index is 12.8. The molecule has 360 valence electrons. The molecule has 9 nitrogen and oxygen atoms in total. The maximum absolute atomic E-state index is 12.8. The number of carbonyl (C=O) groups excluding carboxylic acids is 1. The first-order valence-corrected chi connectivity index (χ1v) is 24.3. The second-order valence-corrected chi connectivity index (χ2v) is 15.8. The quantitative estimate of drug-likeness (QED) is 0.0270. The maximum Gasteiger partial charge on any atom is 0.306 e. The summed E-state index contributed by atoms with van der Waals surface area (Å²) in [4.78, 5) is 12.8. The van der Waals surface area contributed by atoms with Crippen molar-refractivity contribution < 1.29 is 44.2 Å². The van der Waals surface area contributed by atoms with Gasteiger partial charge in [-0.25, -0.2) is 0 Å². The Labute approximate surface area is 388 Å². The fourth-order valence-corrected chi connectivity index (χ4v) is 6.38. The van der Waals surface area contributed by atoms with E-state index in [0.29, 0.717) is 13.0 Å². The number of ether oxygens (including phenoxy) is 4. The lowest BCUT2D eigenvalue weighted by Crippen LogP contribution is -2.59. The van der Waals surface area contributed by atoms with Crippen molar-refractivity contribution in [2.24, 2.45) is 0 Å². The normalized spacial score (nSPS) is 20.8. The predicted molar refractivity (Wildman–Crippen MR) is 265 cm³/mol. The van der Waals surface area contributed by atoms with E-state index in [0.717, 1.165) is 116 Å². The van der Waals surface area contributed by atoms with Gasteiger partial charge in [-0.2, -0.15) is 0 Å². The second-order valence-electron chi connectivity index (χ2n) is 15.8. The minimum atomic E-state index is -1.56. The van der Waals surface area contributed by atoms with Crippen LogP contribution in [-0.4, -0.2) is 89.6 Å². The Morgan fingerprint density at radius 3 is 1.36 bits per heavy atom. The number of aliphatic hydroxyl groups excluding tert-OH is 4. The first-order valence-electron chi connectivity index (χ1n) is 24.3. The molecule has 64 heavy (non-hydrogen) atoms. The van der Waals surface area contributed by atoms with Gasteiger partial charge in [-0.05, 0) is 96.3 Å². The Hall–Kier alpha value is -3.67. The van der Waals surface area contributed by atoms with Gasteiger partial charge in [0.2, 0.25) is 0 Å². The third kappa shape index (κ3) is 34.7. The smallest absolute Gasteiger partial charge is 0.306 e. The van der Waals surface area contributed by atoms with Crippen LogP contribution in [0.3, 0.4) is 0 Å². The molecule has 4 N–H and O–H groups in total. The van der Waals surface area contributed by atoms with Crippen molar-refractivity contribution >= 4 is 5.97 Å². The third-order valence-electron chi connectivity index (χ3n) is 10.1. The van der Waals surface area contributed by atoms with E-state index in [1.807, 2.05) is 0 Å². The molecule has 0 radical (unpaired) electrons. The van der Waals surface area contributed by atoms with Crippen molar-refractivity contribution in [3.8, 4) is 0 Å². The number of esters is 1. The third-order valence-corrected chi connectivity index (χ3v) is 10.1. The van der Waals surface area contributed by atoms with E-state index in [2.05, 4.69) is 148 Å². The molecule has 0 aliphatic carbocycles. The molecule has 6 unspecified atom stereocenters. The summed E-state index contributed by atoms with van der Waals surface area (Å²) in [6.45, 7) is 4.06. The van der Waals surface area contributed by atoms with Crippen molar-refractivity contribution in [2.45, 2.75) is 179 Å². The number of aliphatic hydroxyl groups is 4. The van der Waals surface area contributed by atoms with Crippen LogP contribution in [0.2, 0.25) is 0 Å². The Balaban J connectivity index is 2.30. The number of carbonyl (C=O) groups is 1. The molecule has 1 fully saturated rings. The van der Waals surface area contributed by atoms with E-state index in [-0.39, 0.29) is 25.6 Å². The summed E-state index contributed by atoms with van der Waals surface area (Å²) in [7, 11) is 0. The Bertz CT molecular complexity index is 1430. The fraction of sp³-hybridized carbons (Fsp3) is 0.582. The molecular weight excluding hydrogens is 805 g/mol. The zero-order valence-corrected chi connectivity index (χ0v) is 39.5. The molecule has 1 aliphatic heterocycles. The van der Waals surface area contributed by atoms with Crippen LogP contribution in [0.5, 0.6) is 0 Å². The average molecular weight is 891 g/mol. The minimum Gasteiger partial charge on any atom is -0.457 e. The van der Waals surface area contributed by atoms with Crippen LogP contribution in [-0.2, 0) is 23.7 Å². The van der Waals surface area contributed by atoms with Gasteiger partial charge in [-0.3, -0.25) is 4.79 Å². The lowest BCUT2D eigenvalue weighted by atomic mass is 9.99. The van der Waals surface area contributed by atoms with Gasteiger partial charge in [0, 0.05) is 6.42 Å². The van der Waals surface area contributed by atoms with Crippen LogP contribution in [0.1, 0.15) is 142 Å². The van der Waals surface area contributed by atoms with E-state index in [4.69, 9.17) is 18.9 Å². The SMILES string of the molecule is CC/C=C\C/C=C\C/C=C\C/C=C\C/C=C\C/C=C\CCCCCCCCC(=O)OC(COCC/C=C\C/C=C\C/C=C\C/C=C\C/C=C\CC)COC1OC(CO)C(O)C(O)C1O. The van der Waals surface area contributed by atoms with Crippen LogP contribution >= 0.6 is 0 Å². The van der Waals surface area contributed by atoms with Crippen molar-refractivity contribution in [3.63, 3.8) is 0 Å². The topological polar surface area (TPSA) is 135 Å². The summed E-state index contributed by atoms with van der Waals surface area (Å²) in [6, 6.07) is 0. The van der Waals surface area contributed by atoms with Gasteiger partial charge >= 0.3 is 5.97 Å². The first kappa shape index (κ1) is 58.3. The molecule has 1 saturated heterocycles. The summed E-state index contributed by atoms with van der Waals surface area (Å²) in [5.41, 5.74) is 0. The molecule has 9 heteroatoms. The Morgan fingerprint density at radius 2 is 0.906 bits per heavy atom. The predicted octanol–water partition coefficient (Wildman–Crippen LogP) is 11.7. The monoisotopic (exact) mass is 891 g/mol. The van der Waals surface area contributed by atoms with Gasteiger partial charge in [0.1, 0.15) is 30.5 Å². The van der Waals surface area contributed by atoms with Gasteiger partial charge in [0.15, 0.2) is 6.29 Å². The summed E-state index contributed by atoms with van der Waals surface area (Å²) >= 11 is 0. The Kier molecular flexibility index (Phi) is 40.6. The highest BCUT2D eigenvalue weighted by atomic mass is 16.7. The second kappa shape index (κ2) is 44.5. The van der Waals surface area contributed by atoms with Crippen LogP contribution < -0.4 is 0 Å². The zero-order chi connectivity index (χ0) is 46.4. The number of allylic oxidation sites excluding steroid dienone is 21. The first-order chi connectivity index (χ1) is 31.4. The highest BCUT2D eigenvalue weighted by molar-refractivity contribution is 5.69. The van der Waals surface area contributed by atoms with Crippen LogP contribution in [0, 0.1) is 0 Å². The molecule has 1 heterocycles. The summed E-state index contributed by atoms with van der Waals surface area (Å²) in [6.07, 6.45) is 59.3. The van der Waals surface area contributed by atoms with Crippen molar-refractivity contribution in [1.29, 1.82) is 0 Å². The minimum absolute atomic E-state index is 0.0740. The lowest BCUT2D eigenvalue weighted by molar-refractivity contribution is -0.305. The number of hydrogen-bond acceptors (Lipinski definition) is 9. The van der Waals surface area contributed by atoms with E-state index >= 15 is 0 Å². The van der Waals surface area contributed by atoms with Crippen LogP contribution in [0.4, 0.5) is 0 Å². The van der Waals surface area contributed by atoms with Crippen molar-refractivity contribution in [2.75, 3.05) is 26.4 Å². The van der Waals surface area contributed by atoms with Crippen LogP contribution in [0.15, 0.2) is 134 Å². The molecule has 1 aliphatic rings. The summed E-state index contributed by atoms with van der Waals surface area (Å²) < 4.78 is 22.7. The number of hydrogen-bond donors (Lipinski definition) is 4. The van der Waals surface area contributed by atoms with E-state index in [1.165, 1.54) is 0 Å². The number of rotatable bonds is 39. The highest BCUT2D eigenvalue weighted by Gasteiger charge is 2.44. The molecule has 0 amide bonds. The van der Waals surface area contributed by atoms with Crippen molar-refractivity contribution in [3.05, 3.63) is 134 Å². The average Bonchev–Trinajstić information content (AvgIpc) is 3.30. The fourth-order valence-electron chi connectivity index (χ4n) is 6.38. The van der Waals surface area contributed by atoms with Gasteiger partial charge in [-0.1, -0.05) is 173 Å². The van der Waals surface area contributed by atoms with Gasteiger partial charge in [-0.15, -0.1) is 0 Å². The molecule has 0 aromatic carbocycles. The van der Waals surface area contributed by atoms with E-state index in [1.54, 1.807) is 0 Å². The standard InChI is InChI=1S/C55H86O9/c1-3-5-7-9-11-13-15-17-19-21-22-23-24-25-26-27-28-29-30-32-34-36-38-40-42-44-51(57)63-49(48-62-55-54(60)53(59)52(58)50(46-56)64-55)47-61-45-43-41-39-37-35-33-31-20-18-16-14-12-10-8-6-4-2/h5-8,11-14,17-20,22-23,25-26,28-29,33,35,39,41,49-50,52-56,58-60H,3-4,9-10,15-16,21,24,27,30-32,34,36-38,40,42-48H2,1-2H3/b7-5-,8-6-,13-11-,14-12-,19-17-,20-18-,23-22-,26-25-,29-28-,35-33-,41-39-. The molecule has 1 rings (SSSR count). The summed E-state index contributed by atoms with van der Waals surface area (Å²) in [5.74, 6) is -0.360. The highest BCUT2D eigenvalue weighted by Crippen LogP contribution is 2.22. The molecular formula is C55H86O9. The molecule has 0 aromatic rings. The van der Waals surface area contributed by atoms with Gasteiger partial charge in [0.05, 0.1) is 26.4 Å². The number of unbranched alkanes of at least 4 members (excludes halogenated alkanes) is 6. The summed E-state index contributed by atoms with van der Waals surface area (Å²) in [5, 5.41) is 40.2. The lowest BCUT2D eigenvalue weighted by Gasteiger charge is -2.39. The largest absolute Gasteiger partial charge is 0.457 e. The van der Waals surface area contributed by atoms with Gasteiger partial charge < -0.3 is 39.4 Å².